The molecule has 0 bridgehead atoms. The minimum Gasteiger partial charge on any atom is -0.357 e. The molecule has 0 aliphatic rings. The van der Waals surface area contributed by atoms with E-state index in [1.807, 2.05) is 131 Å². The van der Waals surface area contributed by atoms with Crippen molar-refractivity contribution in [1.29, 1.82) is 0 Å². The fraction of sp³-hybridized carbons (Fsp3) is 0.158. The van der Waals surface area contributed by atoms with Crippen molar-refractivity contribution >= 4 is 11.8 Å². The van der Waals surface area contributed by atoms with Crippen LogP contribution in [0.5, 0.6) is 0 Å². The number of pyridine rings is 6. The van der Waals surface area contributed by atoms with Crippen LogP contribution in [0.25, 0.3) is 33.6 Å². The highest BCUT2D eigenvalue weighted by atomic mass is 16.1. The molecule has 6 aromatic rings. The van der Waals surface area contributed by atoms with Gasteiger partial charge in [-0.05, 0) is 46.5 Å². The number of H-pyrrole nitrogens is 2. The van der Waals surface area contributed by atoms with Crippen LogP contribution in [-0.2, 0) is 36.8 Å². The van der Waals surface area contributed by atoms with Crippen LogP contribution in [0, 0.1) is 0 Å². The Hall–Kier alpha value is -6.16. The second-order valence-electron chi connectivity index (χ2n) is 11.6. The third-order valence-electron chi connectivity index (χ3n) is 7.94. The van der Waals surface area contributed by atoms with E-state index < -0.39 is 0 Å². The maximum atomic E-state index is 12.4. The first-order valence-electron chi connectivity index (χ1n) is 15.8. The smallest absolute Gasteiger partial charge is 0.276 e. The summed E-state index contributed by atoms with van der Waals surface area (Å²) in [6, 6.07) is 23.9. The van der Waals surface area contributed by atoms with Gasteiger partial charge in [0.15, 0.2) is 50.3 Å². The third kappa shape index (κ3) is 8.55. The molecule has 0 atom stereocenters. The van der Waals surface area contributed by atoms with Gasteiger partial charge in [-0.2, -0.15) is 0 Å². The highest BCUT2D eigenvalue weighted by Crippen LogP contribution is 2.23. The van der Waals surface area contributed by atoms with Gasteiger partial charge in [0.2, 0.25) is 0 Å². The number of nitrogens with one attached hydrogen (secondary N) is 2. The predicted molar refractivity (Wildman–Crippen MR) is 177 cm³/mol. The average molecular weight is 639 g/mol. The summed E-state index contributed by atoms with van der Waals surface area (Å²) >= 11 is 0. The van der Waals surface area contributed by atoms with Gasteiger partial charge in [0.25, 0.3) is 23.2 Å². The van der Waals surface area contributed by atoms with Crippen molar-refractivity contribution in [2.75, 3.05) is 0 Å². The van der Waals surface area contributed by atoms with Crippen LogP contribution < -0.4 is 29.8 Å². The van der Waals surface area contributed by atoms with E-state index in [4.69, 9.17) is 0 Å². The zero-order chi connectivity index (χ0) is 33.3. The summed E-state index contributed by atoms with van der Waals surface area (Å²) in [5.41, 5.74) is 6.19. The molecule has 0 saturated carbocycles. The van der Waals surface area contributed by atoms with Crippen molar-refractivity contribution in [3.8, 4) is 33.6 Å². The summed E-state index contributed by atoms with van der Waals surface area (Å²) in [6.45, 7) is 1.11. The fourth-order valence-electron chi connectivity index (χ4n) is 5.19. The molecule has 0 saturated heterocycles. The molecule has 0 spiro atoms. The number of rotatable bonds is 9. The highest BCUT2D eigenvalue weighted by molar-refractivity contribution is 5.77. The number of carbonyl (C=O) groups excluding carboxylic acids is 2. The van der Waals surface area contributed by atoms with Crippen LogP contribution in [0.3, 0.4) is 0 Å². The first kappa shape index (κ1) is 31.8. The molecule has 10 heteroatoms. The Kier molecular flexibility index (Phi) is 9.91. The molecule has 6 heterocycles. The van der Waals surface area contributed by atoms with Crippen molar-refractivity contribution in [2.45, 2.75) is 25.9 Å². The monoisotopic (exact) mass is 638 g/mol. The summed E-state index contributed by atoms with van der Waals surface area (Å²) < 4.78 is 7.80. The highest BCUT2D eigenvalue weighted by Gasteiger charge is 2.17. The molecule has 2 N–H and O–H groups in total. The van der Waals surface area contributed by atoms with Gasteiger partial charge in [-0.25, -0.2) is 29.1 Å². The van der Waals surface area contributed by atoms with Crippen LogP contribution in [0.2, 0.25) is 0 Å². The molecule has 0 radical (unpaired) electrons. The minimum atomic E-state index is -0.145. The summed E-state index contributed by atoms with van der Waals surface area (Å²) in [5, 5.41) is 1.33. The van der Waals surface area contributed by atoms with Gasteiger partial charge in [-0.3, -0.25) is 9.59 Å². The van der Waals surface area contributed by atoms with Crippen molar-refractivity contribution in [1.82, 2.24) is 9.13 Å². The van der Waals surface area contributed by atoms with E-state index in [2.05, 4.69) is 56.4 Å². The molecular formula is C38H38N8O2+4. The van der Waals surface area contributed by atoms with Crippen molar-refractivity contribution in [2.24, 2.45) is 24.1 Å². The number of aromatic nitrogens is 6. The molecule has 2 amide bonds. The standard InChI is InChI=1S/C38H36N8O2/c1-43-17-9-33(10-18-43)41-37(47)13-25-45-21-5-29(6-22-45)31-3-15-39-35(27-31)36-28-32(4-16-40-36)30-7-23-46(24-8-30)26-14-38(48)42-34-11-19-44(2)20-12-34/h3-12,15-24,27-28H,13-14,25-26H2,1-2H3/q+2/p+2. The Morgan fingerprint density at radius 3 is 1.31 bits per heavy atom. The van der Waals surface area contributed by atoms with Gasteiger partial charge >= 0.3 is 0 Å². The maximum Gasteiger partial charge on any atom is 0.276 e. The molecule has 238 valence electrons. The van der Waals surface area contributed by atoms with E-state index >= 15 is 0 Å². The van der Waals surface area contributed by atoms with Gasteiger partial charge in [-0.1, -0.05) is 0 Å². The van der Waals surface area contributed by atoms with E-state index in [1.54, 1.807) is 0 Å². The number of carbonyl (C=O) groups is 2. The Labute approximate surface area is 278 Å². The lowest BCUT2D eigenvalue weighted by Crippen LogP contribution is -2.33. The SMILES string of the molecule is Cn1ccc(=NC(=O)CC[n+]2ccc(-c3cc[nH+]c(-c4cc(-c5cc[n+](CCC(=O)N=c6ccn(C)cc6)cc5)cc[nH+]4)c3)cc2)cc1. The molecule has 10 nitrogen and oxygen atoms in total. The number of amides is 2. The van der Waals surface area contributed by atoms with Gasteiger partial charge < -0.3 is 9.13 Å². The average Bonchev–Trinajstić information content (AvgIpc) is 3.12. The van der Waals surface area contributed by atoms with Gasteiger partial charge in [0.1, 0.15) is 0 Å². The molecule has 0 aliphatic heterocycles. The van der Waals surface area contributed by atoms with E-state index in [0.717, 1.165) is 33.6 Å². The summed E-state index contributed by atoms with van der Waals surface area (Å²) in [6.07, 6.45) is 20.0. The lowest BCUT2D eigenvalue weighted by atomic mass is 10.0. The van der Waals surface area contributed by atoms with Crippen LogP contribution in [-0.4, -0.2) is 20.9 Å². The van der Waals surface area contributed by atoms with Crippen molar-refractivity contribution in [3.63, 3.8) is 0 Å². The largest absolute Gasteiger partial charge is 0.357 e. The lowest BCUT2D eigenvalue weighted by Gasteiger charge is -2.02. The number of aryl methyl sites for hydroxylation is 4. The predicted octanol–water partition coefficient (Wildman–Crippen LogP) is 2.60. The van der Waals surface area contributed by atoms with E-state index in [-0.39, 0.29) is 11.8 Å². The quantitative estimate of drug-likeness (QED) is 0.227. The van der Waals surface area contributed by atoms with Crippen molar-refractivity contribution in [3.05, 3.63) is 145 Å². The van der Waals surface area contributed by atoms with Gasteiger partial charge in [-0.15, -0.1) is 0 Å². The zero-order valence-corrected chi connectivity index (χ0v) is 27.0. The van der Waals surface area contributed by atoms with E-state index in [0.29, 0.717) is 36.6 Å². The summed E-state index contributed by atoms with van der Waals surface area (Å²) in [4.78, 5) is 39.8. The lowest BCUT2D eigenvalue weighted by molar-refractivity contribution is -0.695. The molecule has 6 rings (SSSR count). The number of nitrogens with zero attached hydrogens (tertiary/aromatic N) is 6. The third-order valence-corrected chi connectivity index (χ3v) is 7.94. The number of hydrogen-bond acceptors (Lipinski definition) is 2. The zero-order valence-electron chi connectivity index (χ0n) is 27.0. The first-order valence-corrected chi connectivity index (χ1v) is 15.8. The molecule has 0 unspecified atom stereocenters. The number of aromatic amines is 2. The Balaban J connectivity index is 1.08. The molecule has 0 fully saturated rings. The normalized spacial score (nSPS) is 10.8. The van der Waals surface area contributed by atoms with Crippen LogP contribution >= 0.6 is 0 Å². The topological polar surface area (TPSA) is 105 Å². The Bertz CT molecular complexity index is 2000. The van der Waals surface area contributed by atoms with E-state index in [9.17, 15) is 9.59 Å². The summed E-state index contributed by atoms with van der Waals surface area (Å²) in [7, 11) is 3.85. The first-order chi connectivity index (χ1) is 23.4. The van der Waals surface area contributed by atoms with Gasteiger partial charge in [0, 0.05) is 87.4 Å². The Morgan fingerprint density at radius 1 is 0.562 bits per heavy atom. The second kappa shape index (κ2) is 15.0. The molecule has 48 heavy (non-hydrogen) atoms. The fourth-order valence-corrected chi connectivity index (χ4v) is 5.19. The number of hydrogen-bond donors (Lipinski definition) is 0. The van der Waals surface area contributed by atoms with Gasteiger partial charge in [0.05, 0.1) is 23.6 Å². The molecule has 6 aromatic heterocycles. The second-order valence-corrected chi connectivity index (χ2v) is 11.6. The minimum absolute atomic E-state index is 0.145. The summed E-state index contributed by atoms with van der Waals surface area (Å²) in [5.74, 6) is -0.290. The van der Waals surface area contributed by atoms with E-state index in [1.165, 1.54) is 0 Å². The van der Waals surface area contributed by atoms with Crippen molar-refractivity contribution < 1.29 is 28.7 Å². The maximum absolute atomic E-state index is 12.4. The molecular weight excluding hydrogens is 600 g/mol. The molecule has 0 aliphatic carbocycles. The van der Waals surface area contributed by atoms with Crippen LogP contribution in [0.1, 0.15) is 12.8 Å². The van der Waals surface area contributed by atoms with Crippen LogP contribution in [0.4, 0.5) is 0 Å². The van der Waals surface area contributed by atoms with Crippen LogP contribution in [0.15, 0.2) is 145 Å². The Morgan fingerprint density at radius 2 is 0.938 bits per heavy atom. The molecule has 0 aromatic carbocycles.